The van der Waals surface area contributed by atoms with Gasteiger partial charge in [-0.05, 0) is 55.8 Å². The SMILES string of the molecule is CC1(C)CC(O)(c2c(F)ccc(Br)c2F)C(C)(C)O1. The predicted molar refractivity (Wildman–Crippen MR) is 71.8 cm³/mol. The van der Waals surface area contributed by atoms with Crippen LogP contribution in [0.3, 0.4) is 0 Å². The van der Waals surface area contributed by atoms with Crippen LogP contribution in [0.5, 0.6) is 0 Å². The van der Waals surface area contributed by atoms with Crippen LogP contribution in [0.2, 0.25) is 0 Å². The number of aliphatic hydroxyl groups is 1. The van der Waals surface area contributed by atoms with Gasteiger partial charge in [-0.15, -0.1) is 0 Å². The molecule has 0 saturated carbocycles. The summed E-state index contributed by atoms with van der Waals surface area (Å²) in [5.74, 6) is -1.55. The molecule has 0 radical (unpaired) electrons. The molecule has 1 aliphatic heterocycles. The number of hydrogen-bond donors (Lipinski definition) is 1. The van der Waals surface area contributed by atoms with Crippen LogP contribution in [0.15, 0.2) is 16.6 Å². The zero-order valence-electron chi connectivity index (χ0n) is 11.4. The van der Waals surface area contributed by atoms with Crippen LogP contribution < -0.4 is 0 Å². The van der Waals surface area contributed by atoms with Gasteiger partial charge in [0.05, 0.1) is 21.2 Å². The summed E-state index contributed by atoms with van der Waals surface area (Å²) in [5.41, 5.74) is -3.79. The lowest BCUT2D eigenvalue weighted by molar-refractivity contribution is -0.132. The van der Waals surface area contributed by atoms with E-state index in [-0.39, 0.29) is 16.5 Å². The van der Waals surface area contributed by atoms with Crippen LogP contribution in [0, 0.1) is 11.6 Å². The molecule has 106 valence electrons. The molecule has 1 atom stereocenters. The second kappa shape index (κ2) is 4.24. The van der Waals surface area contributed by atoms with Crippen LogP contribution in [0.25, 0.3) is 0 Å². The number of hydrogen-bond acceptors (Lipinski definition) is 2. The van der Waals surface area contributed by atoms with Crippen molar-refractivity contribution in [3.8, 4) is 0 Å². The minimum absolute atomic E-state index is 0.122. The molecule has 2 rings (SSSR count). The molecule has 0 aliphatic carbocycles. The number of rotatable bonds is 1. The Morgan fingerprint density at radius 3 is 2.26 bits per heavy atom. The molecule has 0 spiro atoms. The molecule has 1 heterocycles. The second-order valence-electron chi connectivity index (χ2n) is 6.13. The second-order valence-corrected chi connectivity index (χ2v) is 6.98. The summed E-state index contributed by atoms with van der Waals surface area (Å²) in [6.45, 7) is 6.87. The van der Waals surface area contributed by atoms with Crippen LogP contribution >= 0.6 is 15.9 Å². The van der Waals surface area contributed by atoms with E-state index in [1.165, 1.54) is 6.07 Å². The topological polar surface area (TPSA) is 29.5 Å². The first-order valence-electron chi connectivity index (χ1n) is 6.07. The van der Waals surface area contributed by atoms with Crippen molar-refractivity contribution in [2.45, 2.75) is 50.9 Å². The van der Waals surface area contributed by atoms with Gasteiger partial charge in [0.2, 0.25) is 0 Å². The van der Waals surface area contributed by atoms with Crippen LogP contribution in [-0.4, -0.2) is 16.3 Å². The minimum atomic E-state index is -1.71. The van der Waals surface area contributed by atoms with Gasteiger partial charge in [-0.3, -0.25) is 0 Å². The Hall–Kier alpha value is -0.520. The quantitative estimate of drug-likeness (QED) is 0.789. The third kappa shape index (κ3) is 2.22. The highest BCUT2D eigenvalue weighted by molar-refractivity contribution is 9.10. The Kier molecular flexibility index (Phi) is 3.32. The highest BCUT2D eigenvalue weighted by Gasteiger charge is 2.59. The van der Waals surface area contributed by atoms with E-state index in [4.69, 9.17) is 4.74 Å². The van der Waals surface area contributed by atoms with Gasteiger partial charge in [0.25, 0.3) is 0 Å². The third-order valence-corrected chi connectivity index (χ3v) is 4.28. The first kappa shape index (κ1) is 14.9. The average molecular weight is 335 g/mol. The van der Waals surface area contributed by atoms with Gasteiger partial charge < -0.3 is 9.84 Å². The Morgan fingerprint density at radius 2 is 1.79 bits per heavy atom. The van der Waals surface area contributed by atoms with Crippen molar-refractivity contribution in [1.82, 2.24) is 0 Å². The third-order valence-electron chi connectivity index (χ3n) is 3.67. The van der Waals surface area contributed by atoms with E-state index in [9.17, 15) is 13.9 Å². The standard InChI is InChI=1S/C14H17BrF2O2/c1-12(2)7-14(18,13(3,4)19-12)10-9(16)6-5-8(15)11(10)17/h5-6,18H,7H2,1-4H3. The van der Waals surface area contributed by atoms with Gasteiger partial charge in [0.15, 0.2) is 0 Å². The Morgan fingerprint density at radius 1 is 1.21 bits per heavy atom. The molecule has 1 aromatic carbocycles. The summed E-state index contributed by atoms with van der Waals surface area (Å²) >= 11 is 3.02. The first-order valence-corrected chi connectivity index (χ1v) is 6.86. The normalized spacial score (nSPS) is 28.6. The van der Waals surface area contributed by atoms with Crippen LogP contribution in [0.4, 0.5) is 8.78 Å². The summed E-state index contributed by atoms with van der Waals surface area (Å²) in [4.78, 5) is 0. The van der Waals surface area contributed by atoms with Crippen LogP contribution in [0.1, 0.15) is 39.7 Å². The van der Waals surface area contributed by atoms with E-state index in [0.717, 1.165) is 6.07 Å². The summed E-state index contributed by atoms with van der Waals surface area (Å²) in [6, 6.07) is 2.42. The zero-order valence-corrected chi connectivity index (χ0v) is 12.9. The molecule has 1 fully saturated rings. The minimum Gasteiger partial charge on any atom is -0.382 e. The van der Waals surface area contributed by atoms with Crippen LogP contribution in [-0.2, 0) is 10.3 Å². The molecule has 2 nitrogen and oxygen atoms in total. The Balaban J connectivity index is 2.67. The van der Waals surface area contributed by atoms with Crippen molar-refractivity contribution in [2.24, 2.45) is 0 Å². The molecular formula is C14H17BrF2O2. The lowest BCUT2D eigenvalue weighted by atomic mass is 9.76. The highest BCUT2D eigenvalue weighted by atomic mass is 79.9. The van der Waals surface area contributed by atoms with Gasteiger partial charge in [-0.25, -0.2) is 8.78 Å². The highest BCUT2D eigenvalue weighted by Crippen LogP contribution is 2.52. The fraction of sp³-hybridized carbons (Fsp3) is 0.571. The summed E-state index contributed by atoms with van der Waals surface area (Å²) < 4.78 is 34.2. The number of benzene rings is 1. The van der Waals surface area contributed by atoms with Crippen molar-refractivity contribution in [1.29, 1.82) is 0 Å². The largest absolute Gasteiger partial charge is 0.382 e. The van der Waals surface area contributed by atoms with Crippen molar-refractivity contribution < 1.29 is 18.6 Å². The predicted octanol–water partition coefficient (Wildman–Crippen LogP) is 3.89. The monoisotopic (exact) mass is 334 g/mol. The lowest BCUT2D eigenvalue weighted by Gasteiger charge is -2.35. The molecule has 1 unspecified atom stereocenters. The van der Waals surface area contributed by atoms with E-state index in [0.29, 0.717) is 0 Å². The molecule has 1 N–H and O–H groups in total. The van der Waals surface area contributed by atoms with Gasteiger partial charge in [0.1, 0.15) is 17.2 Å². The smallest absolute Gasteiger partial charge is 0.146 e. The van der Waals surface area contributed by atoms with Gasteiger partial charge in [-0.1, -0.05) is 0 Å². The average Bonchev–Trinajstić information content (AvgIpc) is 2.37. The zero-order chi connectivity index (χ0) is 14.6. The van der Waals surface area contributed by atoms with Crippen molar-refractivity contribution in [3.63, 3.8) is 0 Å². The van der Waals surface area contributed by atoms with Crippen molar-refractivity contribution in [3.05, 3.63) is 33.8 Å². The molecule has 1 aliphatic rings. The molecule has 5 heteroatoms. The first-order chi connectivity index (χ1) is 8.50. The summed E-state index contributed by atoms with van der Waals surface area (Å²) in [7, 11) is 0. The Bertz CT molecular complexity index is 528. The van der Waals surface area contributed by atoms with Crippen molar-refractivity contribution in [2.75, 3.05) is 0 Å². The van der Waals surface area contributed by atoms with E-state index < -0.39 is 28.4 Å². The molecular weight excluding hydrogens is 318 g/mol. The lowest BCUT2D eigenvalue weighted by Crippen LogP contribution is -2.45. The fourth-order valence-corrected chi connectivity index (χ4v) is 3.27. The van der Waals surface area contributed by atoms with Gasteiger partial charge >= 0.3 is 0 Å². The maximum absolute atomic E-state index is 14.3. The molecule has 0 aromatic heterocycles. The molecule has 0 bridgehead atoms. The number of halogens is 3. The van der Waals surface area contributed by atoms with Crippen molar-refractivity contribution >= 4 is 15.9 Å². The fourth-order valence-electron chi connectivity index (χ4n) is 2.94. The summed E-state index contributed by atoms with van der Waals surface area (Å²) in [6.07, 6.45) is 0.122. The maximum Gasteiger partial charge on any atom is 0.146 e. The van der Waals surface area contributed by atoms with Gasteiger partial charge in [-0.2, -0.15) is 0 Å². The van der Waals surface area contributed by atoms with E-state index in [1.54, 1.807) is 27.7 Å². The molecule has 1 saturated heterocycles. The molecule has 19 heavy (non-hydrogen) atoms. The molecule has 1 aromatic rings. The van der Waals surface area contributed by atoms with E-state index >= 15 is 0 Å². The summed E-state index contributed by atoms with van der Waals surface area (Å²) in [5, 5.41) is 10.9. The van der Waals surface area contributed by atoms with E-state index in [1.807, 2.05) is 0 Å². The maximum atomic E-state index is 14.3. The molecule has 0 amide bonds. The van der Waals surface area contributed by atoms with E-state index in [2.05, 4.69) is 15.9 Å². The van der Waals surface area contributed by atoms with Gasteiger partial charge in [0, 0.05) is 6.42 Å². The number of ether oxygens (including phenoxy) is 1. The Labute approximate surface area is 119 Å².